The molecule has 2 rings (SSSR count). The fraction of sp³-hybridized carbons (Fsp3) is 0. The molecule has 0 bridgehead atoms. The summed E-state index contributed by atoms with van der Waals surface area (Å²) in [5.74, 6) is -1.36. The lowest BCUT2D eigenvalue weighted by Gasteiger charge is -2.12. The van der Waals surface area contributed by atoms with Crippen LogP contribution in [0.15, 0.2) is 42.5 Å². The normalized spacial score (nSPS) is 9.92. The summed E-state index contributed by atoms with van der Waals surface area (Å²) in [6, 6.07) is 10.4. The molecule has 2 aromatic carbocycles. The molecule has 9 heteroatoms. The molecule has 0 aliphatic carbocycles. The van der Waals surface area contributed by atoms with Crippen LogP contribution in [0.3, 0.4) is 0 Å². The highest BCUT2D eigenvalue weighted by Crippen LogP contribution is 2.20. The van der Waals surface area contributed by atoms with E-state index in [1.54, 1.807) is 12.1 Å². The third-order valence-corrected chi connectivity index (χ3v) is 3.59. The Hall–Kier alpha value is -2.35. The van der Waals surface area contributed by atoms with Crippen molar-refractivity contribution in [1.29, 1.82) is 0 Å². The Balaban J connectivity index is 1.92. The molecule has 0 saturated carbocycles. The number of hydrazine groups is 1. The van der Waals surface area contributed by atoms with Crippen LogP contribution in [-0.4, -0.2) is 22.0 Å². The van der Waals surface area contributed by atoms with Gasteiger partial charge >= 0.3 is 0 Å². The van der Waals surface area contributed by atoms with Crippen LogP contribution in [0.1, 0.15) is 20.7 Å². The molecule has 2 aromatic rings. The Morgan fingerprint density at radius 1 is 0.958 bits per heavy atom. The number of halogens is 2. The van der Waals surface area contributed by atoms with Gasteiger partial charge in [-0.05, 0) is 42.5 Å². The number of aromatic hydroxyl groups is 1. The van der Waals surface area contributed by atoms with Gasteiger partial charge in [-0.1, -0.05) is 35.3 Å². The van der Waals surface area contributed by atoms with Crippen molar-refractivity contribution in [3.63, 3.8) is 0 Å². The lowest BCUT2D eigenvalue weighted by Crippen LogP contribution is -2.48. The monoisotopic (exact) mass is 383 g/mol. The van der Waals surface area contributed by atoms with Gasteiger partial charge < -0.3 is 5.11 Å². The number of amides is 2. The van der Waals surface area contributed by atoms with Crippen molar-refractivity contribution in [2.45, 2.75) is 0 Å². The topological polar surface area (TPSA) is 90.5 Å². The minimum Gasteiger partial charge on any atom is -0.507 e. The van der Waals surface area contributed by atoms with Gasteiger partial charge in [0, 0.05) is 5.02 Å². The molecule has 24 heavy (non-hydrogen) atoms. The Morgan fingerprint density at radius 2 is 1.67 bits per heavy atom. The summed E-state index contributed by atoms with van der Waals surface area (Å²) in [7, 11) is 0. The number of nitrogens with one attached hydrogen (secondary N) is 3. The molecule has 0 spiro atoms. The number of rotatable bonds is 2. The van der Waals surface area contributed by atoms with E-state index in [9.17, 15) is 14.7 Å². The molecule has 0 fully saturated rings. The molecule has 0 unspecified atom stereocenters. The van der Waals surface area contributed by atoms with Crippen LogP contribution in [0.4, 0.5) is 0 Å². The van der Waals surface area contributed by atoms with E-state index in [2.05, 4.69) is 16.2 Å². The standard InChI is InChI=1S/C15H11Cl2N3O3S/c16-8-5-6-9(11(17)7-8)13(22)18-15(24)20-19-14(23)10-3-1-2-4-12(10)21/h1-7,21H,(H,19,23)(H2,18,20,22,24). The Kier molecular flexibility index (Phi) is 5.97. The van der Waals surface area contributed by atoms with Gasteiger partial charge in [-0.25, -0.2) is 0 Å². The van der Waals surface area contributed by atoms with Gasteiger partial charge in [0.05, 0.1) is 16.1 Å². The summed E-state index contributed by atoms with van der Waals surface area (Å²) in [5.41, 5.74) is 4.85. The molecule has 0 atom stereocenters. The number of benzene rings is 2. The van der Waals surface area contributed by atoms with Crippen molar-refractivity contribution < 1.29 is 14.7 Å². The number of thiocarbonyl (C=S) groups is 1. The fourth-order valence-corrected chi connectivity index (χ4v) is 2.36. The van der Waals surface area contributed by atoms with Crippen LogP contribution in [0.2, 0.25) is 10.0 Å². The van der Waals surface area contributed by atoms with Crippen molar-refractivity contribution in [2.24, 2.45) is 0 Å². The van der Waals surface area contributed by atoms with Crippen molar-refractivity contribution in [3.05, 3.63) is 63.6 Å². The molecule has 0 heterocycles. The molecule has 0 aliphatic rings. The molecule has 0 radical (unpaired) electrons. The molecule has 0 saturated heterocycles. The zero-order valence-electron chi connectivity index (χ0n) is 12.0. The van der Waals surface area contributed by atoms with E-state index in [4.69, 9.17) is 35.4 Å². The van der Waals surface area contributed by atoms with E-state index >= 15 is 0 Å². The molecular formula is C15H11Cl2N3O3S. The first-order valence-electron chi connectivity index (χ1n) is 6.53. The van der Waals surface area contributed by atoms with E-state index in [-0.39, 0.29) is 27.0 Å². The number of phenolic OH excluding ortho intramolecular Hbond substituents is 1. The smallest absolute Gasteiger partial charge is 0.273 e. The maximum absolute atomic E-state index is 12.0. The van der Waals surface area contributed by atoms with Gasteiger partial charge in [-0.15, -0.1) is 0 Å². The first-order chi connectivity index (χ1) is 11.4. The highest BCUT2D eigenvalue weighted by molar-refractivity contribution is 7.80. The molecule has 124 valence electrons. The third-order valence-electron chi connectivity index (χ3n) is 2.84. The van der Waals surface area contributed by atoms with Crippen LogP contribution in [-0.2, 0) is 0 Å². The lowest BCUT2D eigenvalue weighted by molar-refractivity contribution is 0.0932. The summed E-state index contributed by atoms with van der Waals surface area (Å²) in [4.78, 5) is 23.9. The largest absolute Gasteiger partial charge is 0.507 e. The van der Waals surface area contributed by atoms with Gasteiger partial charge in [-0.3, -0.25) is 25.8 Å². The first-order valence-corrected chi connectivity index (χ1v) is 7.69. The zero-order valence-corrected chi connectivity index (χ0v) is 14.3. The first kappa shape index (κ1) is 18.0. The van der Waals surface area contributed by atoms with E-state index < -0.39 is 11.8 Å². The SMILES string of the molecule is O=C(NNC(=S)NC(=O)c1ccc(Cl)cc1Cl)c1ccccc1O. The Labute approximate surface area is 152 Å². The van der Waals surface area contributed by atoms with Crippen molar-refractivity contribution in [2.75, 3.05) is 0 Å². The quantitative estimate of drug-likeness (QED) is 0.472. The van der Waals surface area contributed by atoms with E-state index in [0.29, 0.717) is 5.02 Å². The maximum Gasteiger partial charge on any atom is 0.273 e. The predicted molar refractivity (Wildman–Crippen MR) is 95.2 cm³/mol. The second-order valence-electron chi connectivity index (χ2n) is 4.50. The highest BCUT2D eigenvalue weighted by atomic mass is 35.5. The highest BCUT2D eigenvalue weighted by Gasteiger charge is 2.14. The number of carbonyl (C=O) groups excluding carboxylic acids is 2. The number of para-hydroxylation sites is 1. The van der Waals surface area contributed by atoms with Crippen molar-refractivity contribution in [1.82, 2.24) is 16.2 Å². The minimum atomic E-state index is -0.616. The van der Waals surface area contributed by atoms with E-state index in [0.717, 1.165) is 0 Å². The van der Waals surface area contributed by atoms with Crippen LogP contribution >= 0.6 is 35.4 Å². The van der Waals surface area contributed by atoms with Crippen LogP contribution in [0.5, 0.6) is 5.75 Å². The van der Waals surface area contributed by atoms with E-state index in [1.165, 1.54) is 30.3 Å². The summed E-state index contributed by atoms with van der Waals surface area (Å²) in [6.45, 7) is 0. The minimum absolute atomic E-state index is 0.0554. The summed E-state index contributed by atoms with van der Waals surface area (Å²) in [6.07, 6.45) is 0. The van der Waals surface area contributed by atoms with Crippen molar-refractivity contribution >= 4 is 52.3 Å². The molecule has 2 amide bonds. The third kappa shape index (κ3) is 4.58. The van der Waals surface area contributed by atoms with Gasteiger partial charge in [0.15, 0.2) is 5.11 Å². The van der Waals surface area contributed by atoms with Crippen LogP contribution < -0.4 is 16.2 Å². The number of hydrogen-bond donors (Lipinski definition) is 4. The number of hydrogen-bond acceptors (Lipinski definition) is 4. The average Bonchev–Trinajstić information content (AvgIpc) is 2.52. The molecular weight excluding hydrogens is 373 g/mol. The summed E-state index contributed by atoms with van der Waals surface area (Å²) < 4.78 is 0. The van der Waals surface area contributed by atoms with Crippen LogP contribution in [0.25, 0.3) is 0 Å². The second kappa shape index (κ2) is 7.96. The average molecular weight is 384 g/mol. The van der Waals surface area contributed by atoms with Crippen LogP contribution in [0, 0.1) is 0 Å². The van der Waals surface area contributed by atoms with E-state index in [1.807, 2.05) is 0 Å². The van der Waals surface area contributed by atoms with Gasteiger partial charge in [0.1, 0.15) is 5.75 Å². The van der Waals surface area contributed by atoms with Gasteiger partial charge in [0.25, 0.3) is 11.8 Å². The summed E-state index contributed by atoms with van der Waals surface area (Å²) >= 11 is 16.6. The Morgan fingerprint density at radius 3 is 2.33 bits per heavy atom. The molecule has 4 N–H and O–H groups in total. The fourth-order valence-electron chi connectivity index (χ4n) is 1.72. The lowest BCUT2D eigenvalue weighted by atomic mass is 10.2. The van der Waals surface area contributed by atoms with Crippen molar-refractivity contribution in [3.8, 4) is 5.75 Å². The van der Waals surface area contributed by atoms with Gasteiger partial charge in [0.2, 0.25) is 0 Å². The molecule has 0 aromatic heterocycles. The number of phenols is 1. The molecule has 6 nitrogen and oxygen atoms in total. The zero-order chi connectivity index (χ0) is 17.7. The Bertz CT molecular complexity index is 814. The maximum atomic E-state index is 12.0. The summed E-state index contributed by atoms with van der Waals surface area (Å²) in [5, 5.41) is 12.4. The predicted octanol–water partition coefficient (Wildman–Crippen LogP) is 2.65. The van der Waals surface area contributed by atoms with Gasteiger partial charge in [-0.2, -0.15) is 0 Å². The molecule has 0 aliphatic heterocycles. The second-order valence-corrected chi connectivity index (χ2v) is 5.76. The number of carbonyl (C=O) groups is 2.